The van der Waals surface area contributed by atoms with Gasteiger partial charge in [-0.25, -0.2) is 0 Å². The van der Waals surface area contributed by atoms with Gasteiger partial charge in [-0.15, -0.1) is 24.0 Å². The van der Waals surface area contributed by atoms with Crippen LogP contribution in [-0.4, -0.2) is 41.9 Å². The molecular formula is C25H32IN5O. The van der Waals surface area contributed by atoms with Crippen LogP contribution in [0, 0.1) is 6.92 Å². The Kier molecular flexibility index (Phi) is 8.55. The van der Waals surface area contributed by atoms with E-state index < -0.39 is 0 Å². The van der Waals surface area contributed by atoms with Crippen molar-refractivity contribution in [3.8, 4) is 0 Å². The summed E-state index contributed by atoms with van der Waals surface area (Å²) < 4.78 is 0. The number of aromatic nitrogens is 1. The summed E-state index contributed by atoms with van der Waals surface area (Å²) in [6.07, 6.45) is 4.69. The lowest BCUT2D eigenvalue weighted by Crippen LogP contribution is -2.37. The van der Waals surface area contributed by atoms with Gasteiger partial charge in [0, 0.05) is 56.7 Å². The first-order chi connectivity index (χ1) is 15.1. The summed E-state index contributed by atoms with van der Waals surface area (Å²) in [6.45, 7) is 5.21. The third-order valence-corrected chi connectivity index (χ3v) is 5.86. The lowest BCUT2D eigenvalue weighted by Gasteiger charge is -2.16. The van der Waals surface area contributed by atoms with Gasteiger partial charge in [0.2, 0.25) is 5.91 Å². The van der Waals surface area contributed by atoms with Crippen LogP contribution in [0.3, 0.4) is 0 Å². The van der Waals surface area contributed by atoms with E-state index in [0.29, 0.717) is 19.5 Å². The van der Waals surface area contributed by atoms with Gasteiger partial charge in [0.1, 0.15) is 0 Å². The maximum atomic E-state index is 11.8. The molecular weight excluding hydrogens is 513 g/mol. The first-order valence-electron chi connectivity index (χ1n) is 11.0. The Balaban J connectivity index is 0.00000289. The summed E-state index contributed by atoms with van der Waals surface area (Å²) in [5.41, 5.74) is 6.13. The minimum atomic E-state index is 0. The quantitative estimate of drug-likeness (QED) is 0.238. The second-order valence-corrected chi connectivity index (χ2v) is 8.20. The van der Waals surface area contributed by atoms with Crippen molar-refractivity contribution in [3.63, 3.8) is 0 Å². The topological polar surface area (TPSA) is 72.5 Å². The number of aliphatic imine (C=N–C) groups is 1. The minimum absolute atomic E-state index is 0. The number of amides is 1. The van der Waals surface area contributed by atoms with Crippen LogP contribution < -0.4 is 10.6 Å². The first kappa shape index (κ1) is 24.1. The molecule has 0 radical (unpaired) electrons. The molecule has 2 heterocycles. The van der Waals surface area contributed by atoms with Crippen LogP contribution in [0.1, 0.15) is 35.1 Å². The van der Waals surface area contributed by atoms with E-state index in [0.717, 1.165) is 31.9 Å². The van der Waals surface area contributed by atoms with Crippen molar-refractivity contribution < 1.29 is 4.79 Å². The number of carbonyl (C=O) groups is 1. The van der Waals surface area contributed by atoms with E-state index >= 15 is 0 Å². The average Bonchev–Trinajstić information content (AvgIpc) is 3.37. The molecule has 1 aliphatic rings. The van der Waals surface area contributed by atoms with Gasteiger partial charge < -0.3 is 20.5 Å². The SMILES string of the molecule is CN=C(NCCc1c[nH]c2cc(C)ccc12)NCc1ccc(CN2CCCC2=O)cc1.I. The molecule has 0 saturated carbocycles. The highest BCUT2D eigenvalue weighted by molar-refractivity contribution is 14.0. The average molecular weight is 545 g/mol. The van der Waals surface area contributed by atoms with Crippen molar-refractivity contribution in [1.82, 2.24) is 20.5 Å². The molecule has 1 aliphatic heterocycles. The fourth-order valence-corrected chi connectivity index (χ4v) is 4.08. The molecule has 3 N–H and O–H groups in total. The lowest BCUT2D eigenvalue weighted by molar-refractivity contribution is -0.128. The molecule has 1 amide bonds. The number of hydrogen-bond donors (Lipinski definition) is 3. The van der Waals surface area contributed by atoms with Crippen molar-refractivity contribution in [2.24, 2.45) is 4.99 Å². The Morgan fingerprint density at radius 3 is 2.62 bits per heavy atom. The number of likely N-dealkylation sites (tertiary alicyclic amines) is 1. The van der Waals surface area contributed by atoms with E-state index in [2.05, 4.69) is 76.2 Å². The van der Waals surface area contributed by atoms with Crippen LogP contribution in [0.2, 0.25) is 0 Å². The number of hydrogen-bond acceptors (Lipinski definition) is 2. The molecule has 0 unspecified atom stereocenters. The molecule has 6 nitrogen and oxygen atoms in total. The van der Waals surface area contributed by atoms with E-state index in [4.69, 9.17) is 0 Å². The zero-order valence-corrected chi connectivity index (χ0v) is 21.1. The largest absolute Gasteiger partial charge is 0.361 e. The lowest BCUT2D eigenvalue weighted by atomic mass is 10.1. The molecule has 0 bridgehead atoms. The Bertz CT molecular complexity index is 1070. The van der Waals surface area contributed by atoms with Gasteiger partial charge in [0.05, 0.1) is 0 Å². The highest BCUT2D eigenvalue weighted by Gasteiger charge is 2.19. The zero-order chi connectivity index (χ0) is 21.6. The number of fused-ring (bicyclic) bond motifs is 1. The Labute approximate surface area is 206 Å². The van der Waals surface area contributed by atoms with E-state index in [1.807, 2.05) is 4.90 Å². The monoisotopic (exact) mass is 545 g/mol. The van der Waals surface area contributed by atoms with Crippen molar-refractivity contribution >= 4 is 46.7 Å². The molecule has 4 rings (SSSR count). The summed E-state index contributed by atoms with van der Waals surface area (Å²) in [4.78, 5) is 21.4. The van der Waals surface area contributed by atoms with Crippen LogP contribution in [0.15, 0.2) is 53.7 Å². The predicted molar refractivity (Wildman–Crippen MR) is 141 cm³/mol. The van der Waals surface area contributed by atoms with Gasteiger partial charge in [-0.2, -0.15) is 0 Å². The number of rotatable bonds is 7. The van der Waals surface area contributed by atoms with Gasteiger partial charge in [0.15, 0.2) is 5.96 Å². The highest BCUT2D eigenvalue weighted by atomic mass is 127. The minimum Gasteiger partial charge on any atom is -0.361 e. The van der Waals surface area contributed by atoms with Crippen molar-refractivity contribution in [2.75, 3.05) is 20.1 Å². The highest BCUT2D eigenvalue weighted by Crippen LogP contribution is 2.19. The van der Waals surface area contributed by atoms with Crippen LogP contribution in [0.25, 0.3) is 10.9 Å². The molecule has 1 saturated heterocycles. The molecule has 7 heteroatoms. The number of carbonyl (C=O) groups excluding carboxylic acids is 1. The summed E-state index contributed by atoms with van der Waals surface area (Å²) >= 11 is 0. The maximum absolute atomic E-state index is 11.8. The number of nitrogens with zero attached hydrogens (tertiary/aromatic N) is 2. The second kappa shape index (κ2) is 11.4. The summed E-state index contributed by atoms with van der Waals surface area (Å²) in [5, 5.41) is 8.06. The number of H-pyrrole nitrogens is 1. The standard InChI is InChI=1S/C25H31N5O.HI/c1-18-5-10-22-21(16-28-23(22)14-18)11-12-27-25(26-2)29-15-19-6-8-20(9-7-19)17-30-13-3-4-24(30)31;/h5-10,14,16,28H,3-4,11-13,15,17H2,1-2H3,(H2,26,27,29);1H. The van der Waals surface area contributed by atoms with E-state index in [9.17, 15) is 4.79 Å². The fourth-order valence-electron chi connectivity index (χ4n) is 4.08. The molecule has 1 fully saturated rings. The summed E-state index contributed by atoms with van der Waals surface area (Å²) in [7, 11) is 1.79. The zero-order valence-electron chi connectivity index (χ0n) is 18.8. The van der Waals surface area contributed by atoms with Crippen LogP contribution in [0.4, 0.5) is 0 Å². The van der Waals surface area contributed by atoms with Crippen molar-refractivity contribution in [1.29, 1.82) is 0 Å². The summed E-state index contributed by atoms with van der Waals surface area (Å²) in [6, 6.07) is 15.0. The van der Waals surface area contributed by atoms with Gasteiger partial charge in [-0.05, 0) is 48.1 Å². The molecule has 1 aromatic heterocycles. The number of guanidine groups is 1. The number of nitrogens with one attached hydrogen (secondary N) is 3. The normalized spacial score (nSPS) is 14.0. The third kappa shape index (κ3) is 6.03. The molecule has 2 aromatic carbocycles. The molecule has 0 aliphatic carbocycles. The van der Waals surface area contributed by atoms with Crippen LogP contribution >= 0.6 is 24.0 Å². The maximum Gasteiger partial charge on any atom is 0.222 e. The summed E-state index contributed by atoms with van der Waals surface area (Å²) in [5.74, 6) is 1.06. The van der Waals surface area contributed by atoms with Crippen LogP contribution in [0.5, 0.6) is 0 Å². The Morgan fingerprint density at radius 2 is 1.91 bits per heavy atom. The van der Waals surface area contributed by atoms with E-state index in [-0.39, 0.29) is 29.9 Å². The third-order valence-electron chi connectivity index (χ3n) is 5.86. The van der Waals surface area contributed by atoms with Crippen molar-refractivity contribution in [2.45, 2.75) is 39.3 Å². The fraction of sp³-hybridized carbons (Fsp3) is 0.360. The van der Waals surface area contributed by atoms with Gasteiger partial charge in [-0.3, -0.25) is 9.79 Å². The molecule has 0 spiro atoms. The van der Waals surface area contributed by atoms with Crippen LogP contribution in [-0.2, 0) is 24.3 Å². The first-order valence-corrected chi connectivity index (χ1v) is 11.0. The number of halogens is 1. The van der Waals surface area contributed by atoms with E-state index in [1.54, 1.807) is 7.05 Å². The molecule has 3 aromatic rings. The van der Waals surface area contributed by atoms with Gasteiger partial charge >= 0.3 is 0 Å². The number of benzene rings is 2. The van der Waals surface area contributed by atoms with E-state index in [1.165, 1.54) is 33.2 Å². The van der Waals surface area contributed by atoms with Gasteiger partial charge in [0.25, 0.3) is 0 Å². The Morgan fingerprint density at radius 1 is 1.12 bits per heavy atom. The molecule has 32 heavy (non-hydrogen) atoms. The molecule has 170 valence electrons. The second-order valence-electron chi connectivity index (χ2n) is 8.20. The molecule has 0 atom stereocenters. The number of aromatic amines is 1. The number of aryl methyl sites for hydroxylation is 1. The van der Waals surface area contributed by atoms with Crippen molar-refractivity contribution in [3.05, 3.63) is 70.9 Å². The predicted octanol–water partition coefficient (Wildman–Crippen LogP) is 4.12. The van der Waals surface area contributed by atoms with Gasteiger partial charge in [-0.1, -0.05) is 36.4 Å². The Hall–Kier alpha value is -2.55. The smallest absolute Gasteiger partial charge is 0.222 e.